The van der Waals surface area contributed by atoms with Crippen LogP contribution in [0.15, 0.2) is 400 Å². The lowest BCUT2D eigenvalue weighted by molar-refractivity contribution is 1.50. The summed E-state index contributed by atoms with van der Waals surface area (Å²) in [6.07, 6.45) is 0. The summed E-state index contributed by atoms with van der Waals surface area (Å²) in [6, 6.07) is 147. The summed E-state index contributed by atoms with van der Waals surface area (Å²) in [5.74, 6) is 0. The predicted molar refractivity (Wildman–Crippen MR) is 584 cm³/mol. The Morgan fingerprint density at radius 1 is 0.0833 bits per heavy atom. The van der Waals surface area contributed by atoms with Gasteiger partial charge in [0.05, 0.1) is 0 Å². The third-order valence-electron chi connectivity index (χ3n) is 27.5. The van der Waals surface area contributed by atoms with E-state index >= 15 is 0 Å². The van der Waals surface area contributed by atoms with E-state index < -0.39 is 0 Å². The molecule has 26 aromatic carbocycles. The molecule has 0 N–H and O–H groups in total. The molecule has 132 heavy (non-hydrogen) atoms. The SMILES string of the molecule is Cc1ccc2cc3cc4cc(C)ccc4cc3cc2c1.Cc1ccc2cc3cc4ccc(C)cc4cc3cc2c1.Cc1ccc2ccc3c(C)cccc3c2c1.Cc1ccc2ccc3c4cccc(C)c4ccc3c2c1.Cc1cccc2c1ccc1c(C)cccc12.Cc1cccc2cc3cc4c(C)cccc4cc3cc12.Cc1cccc2cc3cc4cccc(C)c4cc3cc12. The van der Waals surface area contributed by atoms with Crippen LogP contribution in [-0.2, 0) is 0 Å². The highest BCUT2D eigenvalue weighted by Gasteiger charge is 2.13. The van der Waals surface area contributed by atoms with Crippen LogP contribution in [0.4, 0.5) is 0 Å². The highest BCUT2D eigenvalue weighted by molar-refractivity contribution is 6.19. The normalized spacial score (nSPS) is 11.4. The van der Waals surface area contributed by atoms with E-state index in [0.29, 0.717) is 0 Å². The first-order valence-corrected chi connectivity index (χ1v) is 46.5. The van der Waals surface area contributed by atoms with Gasteiger partial charge < -0.3 is 0 Å². The van der Waals surface area contributed by atoms with Gasteiger partial charge >= 0.3 is 0 Å². The maximum absolute atomic E-state index is 2.33. The summed E-state index contributed by atoms with van der Waals surface area (Å²) in [7, 11) is 0. The van der Waals surface area contributed by atoms with Crippen molar-refractivity contribution >= 4 is 205 Å². The van der Waals surface area contributed by atoms with Gasteiger partial charge in [-0.1, -0.05) is 337 Å². The van der Waals surface area contributed by atoms with Gasteiger partial charge in [0.1, 0.15) is 0 Å². The predicted octanol–water partition coefficient (Wildman–Crippen LogP) is 38.0. The molecule has 0 heteroatoms. The van der Waals surface area contributed by atoms with Gasteiger partial charge in [0.25, 0.3) is 0 Å². The fourth-order valence-electron chi connectivity index (χ4n) is 20.2. The summed E-state index contributed by atoms with van der Waals surface area (Å²) >= 11 is 0. The largest absolute Gasteiger partial charge is 0.0614 e. The van der Waals surface area contributed by atoms with E-state index in [-0.39, 0.29) is 0 Å². The molecule has 0 radical (unpaired) electrons. The zero-order chi connectivity index (χ0) is 90.7. The molecule has 0 aliphatic heterocycles. The van der Waals surface area contributed by atoms with Gasteiger partial charge in [0, 0.05) is 0 Å². The second-order valence-electron chi connectivity index (χ2n) is 37.3. The van der Waals surface area contributed by atoms with Crippen molar-refractivity contribution in [2.24, 2.45) is 0 Å². The molecule has 0 unspecified atom stereocenters. The molecule has 0 amide bonds. The molecule has 0 nitrogen and oxygen atoms in total. The Hall–Kier alpha value is -15.3. The quantitative estimate of drug-likeness (QED) is 0.105. The van der Waals surface area contributed by atoms with Crippen LogP contribution in [0.25, 0.3) is 205 Å². The minimum atomic E-state index is 1.31. The van der Waals surface area contributed by atoms with Crippen LogP contribution in [0.1, 0.15) is 77.9 Å². The third kappa shape index (κ3) is 17.1. The van der Waals surface area contributed by atoms with Gasteiger partial charge in [0.2, 0.25) is 0 Å². The lowest BCUT2D eigenvalue weighted by Gasteiger charge is -2.09. The van der Waals surface area contributed by atoms with Crippen LogP contribution in [0.5, 0.6) is 0 Å². The van der Waals surface area contributed by atoms with Crippen molar-refractivity contribution in [3.8, 4) is 0 Å². The number of hydrogen-bond donors (Lipinski definition) is 0. The van der Waals surface area contributed by atoms with E-state index in [0.717, 1.165) is 0 Å². The first-order chi connectivity index (χ1) is 64.1. The van der Waals surface area contributed by atoms with Crippen molar-refractivity contribution < 1.29 is 0 Å². The molecule has 0 aromatic heterocycles. The Morgan fingerprint density at radius 3 is 0.523 bits per heavy atom. The van der Waals surface area contributed by atoms with Crippen LogP contribution >= 0.6 is 0 Å². The molecule has 0 heterocycles. The maximum Gasteiger partial charge on any atom is -0.00989 e. The smallest absolute Gasteiger partial charge is 0.00989 e. The van der Waals surface area contributed by atoms with E-state index in [2.05, 4.69) is 497 Å². The number of hydrogen-bond acceptors (Lipinski definition) is 0. The van der Waals surface area contributed by atoms with Crippen LogP contribution in [0.3, 0.4) is 0 Å². The number of fused-ring (bicyclic) bond motifs is 23. The van der Waals surface area contributed by atoms with Gasteiger partial charge in [-0.3, -0.25) is 0 Å². The average molecular weight is 1690 g/mol. The van der Waals surface area contributed by atoms with E-state index in [1.807, 2.05) is 0 Å². The first kappa shape index (κ1) is 84.8. The van der Waals surface area contributed by atoms with Gasteiger partial charge in [0.15, 0.2) is 0 Å². The van der Waals surface area contributed by atoms with Gasteiger partial charge in [-0.2, -0.15) is 0 Å². The molecule has 26 rings (SSSR count). The zero-order valence-corrected chi connectivity index (χ0v) is 78.1. The van der Waals surface area contributed by atoms with Crippen molar-refractivity contribution in [3.05, 3.63) is 478 Å². The molecule has 0 bridgehead atoms. The van der Waals surface area contributed by atoms with Gasteiger partial charge in [-0.15, -0.1) is 0 Å². The molecular formula is C132H108. The number of benzene rings is 26. The Bertz CT molecular complexity index is 8640. The highest BCUT2D eigenvalue weighted by atomic mass is 14.2. The zero-order valence-electron chi connectivity index (χ0n) is 78.1. The Labute approximate surface area is 774 Å². The lowest BCUT2D eigenvalue weighted by Crippen LogP contribution is -1.83. The number of rotatable bonds is 0. The molecule has 0 atom stereocenters. The van der Waals surface area contributed by atoms with E-state index in [4.69, 9.17) is 0 Å². The van der Waals surface area contributed by atoms with Crippen molar-refractivity contribution in [1.82, 2.24) is 0 Å². The topological polar surface area (TPSA) is 0 Å². The van der Waals surface area contributed by atoms with E-state index in [1.165, 1.54) is 283 Å². The molecule has 0 aliphatic carbocycles. The van der Waals surface area contributed by atoms with E-state index in [9.17, 15) is 0 Å². The van der Waals surface area contributed by atoms with Gasteiger partial charge in [-0.25, -0.2) is 0 Å². The Balaban J connectivity index is 0.0000000961. The third-order valence-corrected chi connectivity index (χ3v) is 27.5. The Kier molecular flexibility index (Phi) is 22.9. The Morgan fingerprint density at radius 2 is 0.242 bits per heavy atom. The summed E-state index contributed by atoms with van der Waals surface area (Å²) in [5, 5.41) is 50.8. The molecule has 0 aliphatic rings. The van der Waals surface area contributed by atoms with Crippen molar-refractivity contribution in [2.75, 3.05) is 0 Å². The minimum absolute atomic E-state index is 1.31. The van der Waals surface area contributed by atoms with Crippen LogP contribution in [0.2, 0.25) is 0 Å². The molecule has 26 aromatic rings. The van der Waals surface area contributed by atoms with Crippen molar-refractivity contribution in [2.45, 2.75) is 96.9 Å². The fourth-order valence-corrected chi connectivity index (χ4v) is 20.2. The molecule has 0 spiro atoms. The fraction of sp³-hybridized carbons (Fsp3) is 0.106. The second-order valence-corrected chi connectivity index (χ2v) is 37.3. The summed E-state index contributed by atoms with van der Waals surface area (Å²) < 4.78 is 0. The highest BCUT2D eigenvalue weighted by Crippen LogP contribution is 2.39. The molecule has 636 valence electrons. The maximum atomic E-state index is 2.33. The van der Waals surface area contributed by atoms with E-state index in [1.54, 1.807) is 0 Å². The minimum Gasteiger partial charge on any atom is -0.0614 e. The average Bonchev–Trinajstić information content (AvgIpc) is 0.752. The number of aryl methyl sites for hydroxylation is 14. The summed E-state index contributed by atoms with van der Waals surface area (Å²) in [5.41, 5.74) is 18.6. The molecule has 0 saturated heterocycles. The van der Waals surface area contributed by atoms with Gasteiger partial charge in [-0.05, 0) is 443 Å². The van der Waals surface area contributed by atoms with Crippen LogP contribution in [-0.4, -0.2) is 0 Å². The molecular weight excluding hydrogens is 1590 g/mol. The summed E-state index contributed by atoms with van der Waals surface area (Å²) in [4.78, 5) is 0. The van der Waals surface area contributed by atoms with Crippen LogP contribution < -0.4 is 0 Å². The summed E-state index contributed by atoms with van der Waals surface area (Å²) in [6.45, 7) is 30.3. The first-order valence-electron chi connectivity index (χ1n) is 46.5. The van der Waals surface area contributed by atoms with Crippen LogP contribution in [0, 0.1) is 96.9 Å². The molecule has 0 saturated carbocycles. The standard InChI is InChI=1S/5C20H16.2C16H14/c1-13-3-5-15-9-20-12-18-8-14(2)4-6-16(18)10-19(20)11-17(15)7-13;1-13-3-5-15-9-19-10-16-6-4-14(2)8-18(16)12-20(19)11-17(15)7-13;1-13-5-3-7-15-9-18-12-20-14(2)6-4-8-16(20)10-17(18)11-19(13)15;1-13-5-3-7-15-9-17-10-16-8-4-6-14(2)20(16)12-18(17)11-19(13)15;1-13-6-7-15-8-9-18-17-5-3-4-14(2)16(17)10-11-19(18)20(15)12-13;1-11-5-3-7-15-13(11)9-10-14-12(2)6-4-8-16(14)15;1-11-6-7-13-8-9-14-12(2)4-3-5-15(14)16(13)10-11/h5*3-12H,1-2H3;2*3-10H,1-2H3. The molecule has 0 fully saturated rings. The second kappa shape index (κ2) is 35.6. The monoisotopic (exact) mass is 1690 g/mol. The van der Waals surface area contributed by atoms with Crippen molar-refractivity contribution in [1.29, 1.82) is 0 Å². The lowest BCUT2D eigenvalue weighted by atomic mass is 9.95. The van der Waals surface area contributed by atoms with Crippen molar-refractivity contribution in [3.63, 3.8) is 0 Å².